The summed E-state index contributed by atoms with van der Waals surface area (Å²) >= 11 is 0. The van der Waals surface area contributed by atoms with Gasteiger partial charge in [-0.15, -0.1) is 5.10 Å². The fourth-order valence-corrected chi connectivity index (χ4v) is 2.87. The molecule has 0 atom stereocenters. The van der Waals surface area contributed by atoms with Crippen LogP contribution in [0.2, 0.25) is 0 Å². The minimum absolute atomic E-state index is 0.0552. The number of halogens is 1. The van der Waals surface area contributed by atoms with Gasteiger partial charge in [0, 0.05) is 6.54 Å². The second kappa shape index (κ2) is 8.11. The van der Waals surface area contributed by atoms with E-state index in [1.165, 1.54) is 23.1 Å². The van der Waals surface area contributed by atoms with Crippen molar-refractivity contribution in [3.05, 3.63) is 76.6 Å². The van der Waals surface area contributed by atoms with E-state index in [4.69, 9.17) is 4.74 Å². The number of carbonyl (C=O) groups is 1. The summed E-state index contributed by atoms with van der Waals surface area (Å²) in [6.07, 6.45) is 1.28. The van der Waals surface area contributed by atoms with Gasteiger partial charge in [0.25, 0.3) is 5.56 Å². The third kappa shape index (κ3) is 3.88. The highest BCUT2D eigenvalue weighted by Crippen LogP contribution is 2.16. The maximum absolute atomic E-state index is 12.9. The van der Waals surface area contributed by atoms with Gasteiger partial charge in [0.15, 0.2) is 11.2 Å². The molecule has 0 saturated carbocycles. The van der Waals surface area contributed by atoms with Crippen molar-refractivity contribution in [2.24, 2.45) is 0 Å². The van der Waals surface area contributed by atoms with Crippen molar-refractivity contribution in [1.29, 1.82) is 0 Å². The van der Waals surface area contributed by atoms with Gasteiger partial charge in [0.05, 0.1) is 12.8 Å². The van der Waals surface area contributed by atoms with E-state index < -0.39 is 5.56 Å². The zero-order valence-corrected chi connectivity index (χ0v) is 15.9. The molecule has 0 unspecified atom stereocenters. The molecule has 0 saturated heterocycles. The third-order valence-electron chi connectivity index (χ3n) is 4.46. The van der Waals surface area contributed by atoms with E-state index in [0.29, 0.717) is 11.4 Å². The van der Waals surface area contributed by atoms with Crippen LogP contribution in [0.3, 0.4) is 0 Å². The standard InChI is InChI=1S/C20H17FN6O3/c1-30-16-8-6-15(7-9-16)27-19-18(24-25-27)20(29)26(12-23-19)11-17(28)22-10-13-2-4-14(21)5-3-13/h2-9,12H,10-11H2,1H3,(H,22,28). The molecule has 1 N–H and O–H groups in total. The molecule has 0 aliphatic heterocycles. The van der Waals surface area contributed by atoms with Crippen molar-refractivity contribution in [1.82, 2.24) is 29.9 Å². The van der Waals surface area contributed by atoms with Crippen molar-refractivity contribution in [2.75, 3.05) is 7.11 Å². The monoisotopic (exact) mass is 408 g/mol. The second-order valence-electron chi connectivity index (χ2n) is 6.45. The van der Waals surface area contributed by atoms with Crippen molar-refractivity contribution >= 4 is 17.1 Å². The maximum atomic E-state index is 12.9. The van der Waals surface area contributed by atoms with Gasteiger partial charge in [-0.2, -0.15) is 4.68 Å². The first-order valence-electron chi connectivity index (χ1n) is 9.01. The summed E-state index contributed by atoms with van der Waals surface area (Å²) < 4.78 is 20.7. The summed E-state index contributed by atoms with van der Waals surface area (Å²) in [6, 6.07) is 12.8. The van der Waals surface area contributed by atoms with Crippen LogP contribution in [0.4, 0.5) is 4.39 Å². The summed E-state index contributed by atoms with van der Waals surface area (Å²) in [5, 5.41) is 10.6. The van der Waals surface area contributed by atoms with E-state index in [9.17, 15) is 14.0 Å². The van der Waals surface area contributed by atoms with Crippen molar-refractivity contribution in [3.8, 4) is 11.4 Å². The molecule has 0 spiro atoms. The molecule has 9 nitrogen and oxygen atoms in total. The van der Waals surface area contributed by atoms with Crippen LogP contribution >= 0.6 is 0 Å². The Morgan fingerprint density at radius 3 is 2.57 bits per heavy atom. The molecule has 0 aliphatic rings. The first-order chi connectivity index (χ1) is 14.5. The topological polar surface area (TPSA) is 104 Å². The molecule has 4 rings (SSSR count). The number of amides is 1. The van der Waals surface area contributed by atoms with E-state index in [2.05, 4.69) is 20.6 Å². The smallest absolute Gasteiger partial charge is 0.284 e. The largest absolute Gasteiger partial charge is 0.497 e. The summed E-state index contributed by atoms with van der Waals surface area (Å²) in [4.78, 5) is 29.1. The van der Waals surface area contributed by atoms with E-state index in [-0.39, 0.29) is 36.0 Å². The number of carbonyl (C=O) groups excluding carboxylic acids is 1. The van der Waals surface area contributed by atoms with Crippen LogP contribution in [0.1, 0.15) is 5.56 Å². The van der Waals surface area contributed by atoms with Crippen LogP contribution < -0.4 is 15.6 Å². The first-order valence-corrected chi connectivity index (χ1v) is 9.01. The highest BCUT2D eigenvalue weighted by Gasteiger charge is 2.15. The molecule has 1 amide bonds. The van der Waals surface area contributed by atoms with Gasteiger partial charge in [0.1, 0.15) is 24.4 Å². The average Bonchev–Trinajstić information content (AvgIpc) is 3.20. The Bertz CT molecular complexity index is 1250. The fraction of sp³-hybridized carbons (Fsp3) is 0.150. The Hall–Kier alpha value is -4.08. The van der Waals surface area contributed by atoms with E-state index >= 15 is 0 Å². The van der Waals surface area contributed by atoms with Crippen LogP contribution in [0.5, 0.6) is 5.75 Å². The lowest BCUT2D eigenvalue weighted by molar-refractivity contribution is -0.121. The van der Waals surface area contributed by atoms with Crippen LogP contribution in [0.25, 0.3) is 16.9 Å². The van der Waals surface area contributed by atoms with Gasteiger partial charge in [-0.3, -0.25) is 14.2 Å². The molecular formula is C20H17FN6O3. The van der Waals surface area contributed by atoms with Gasteiger partial charge in [0.2, 0.25) is 5.91 Å². The molecular weight excluding hydrogens is 391 g/mol. The van der Waals surface area contributed by atoms with Crippen molar-refractivity contribution in [3.63, 3.8) is 0 Å². The first kappa shape index (κ1) is 19.2. The molecule has 0 bridgehead atoms. The number of rotatable bonds is 6. The van der Waals surface area contributed by atoms with Gasteiger partial charge >= 0.3 is 0 Å². The lowest BCUT2D eigenvalue weighted by Crippen LogP contribution is -2.32. The maximum Gasteiger partial charge on any atom is 0.284 e. The van der Waals surface area contributed by atoms with Crippen LogP contribution in [0, 0.1) is 5.82 Å². The van der Waals surface area contributed by atoms with Gasteiger partial charge < -0.3 is 10.1 Å². The number of nitrogens with zero attached hydrogens (tertiary/aromatic N) is 5. The minimum Gasteiger partial charge on any atom is -0.497 e. The van der Waals surface area contributed by atoms with Crippen LogP contribution in [-0.4, -0.2) is 37.6 Å². The lowest BCUT2D eigenvalue weighted by Gasteiger charge is -2.07. The Morgan fingerprint density at radius 2 is 1.87 bits per heavy atom. The number of methoxy groups -OCH3 is 1. The summed E-state index contributed by atoms with van der Waals surface area (Å²) in [7, 11) is 1.57. The fourth-order valence-electron chi connectivity index (χ4n) is 2.87. The quantitative estimate of drug-likeness (QED) is 0.518. The summed E-state index contributed by atoms with van der Waals surface area (Å²) in [5.74, 6) is -0.0473. The Kier molecular flexibility index (Phi) is 5.21. The number of ether oxygens (including phenoxy) is 1. The number of nitrogens with one attached hydrogen (secondary N) is 1. The molecule has 152 valence electrons. The summed E-state index contributed by atoms with van der Waals surface area (Å²) in [5.41, 5.74) is 1.28. The Balaban J connectivity index is 1.51. The number of hydrogen-bond acceptors (Lipinski definition) is 6. The lowest BCUT2D eigenvalue weighted by atomic mass is 10.2. The molecule has 2 aromatic heterocycles. The van der Waals surface area contributed by atoms with Crippen LogP contribution in [0.15, 0.2) is 59.7 Å². The average molecular weight is 408 g/mol. The number of aromatic nitrogens is 5. The van der Waals surface area contributed by atoms with E-state index in [0.717, 1.165) is 10.1 Å². The highest BCUT2D eigenvalue weighted by atomic mass is 19.1. The third-order valence-corrected chi connectivity index (χ3v) is 4.46. The minimum atomic E-state index is -0.475. The highest BCUT2D eigenvalue weighted by molar-refractivity contribution is 5.76. The predicted molar refractivity (Wildman–Crippen MR) is 106 cm³/mol. The SMILES string of the molecule is COc1ccc(-n2nnc3c(=O)n(CC(=O)NCc4ccc(F)cc4)cnc32)cc1. The molecule has 30 heavy (non-hydrogen) atoms. The van der Waals surface area contributed by atoms with Gasteiger partial charge in [-0.05, 0) is 42.0 Å². The van der Waals surface area contributed by atoms with Crippen LogP contribution in [-0.2, 0) is 17.9 Å². The molecule has 10 heteroatoms. The number of hydrogen-bond donors (Lipinski definition) is 1. The predicted octanol–water partition coefficient (Wildman–Crippen LogP) is 1.44. The van der Waals surface area contributed by atoms with Crippen molar-refractivity contribution in [2.45, 2.75) is 13.1 Å². The van der Waals surface area contributed by atoms with Crippen molar-refractivity contribution < 1.29 is 13.9 Å². The van der Waals surface area contributed by atoms with E-state index in [1.807, 2.05) is 0 Å². The zero-order chi connectivity index (χ0) is 21.1. The number of fused-ring (bicyclic) bond motifs is 1. The zero-order valence-electron chi connectivity index (χ0n) is 15.9. The Morgan fingerprint density at radius 1 is 1.13 bits per heavy atom. The van der Waals surface area contributed by atoms with Gasteiger partial charge in [-0.1, -0.05) is 17.3 Å². The molecule has 2 heterocycles. The second-order valence-corrected chi connectivity index (χ2v) is 6.45. The normalized spacial score (nSPS) is 10.9. The molecule has 2 aromatic carbocycles. The van der Waals surface area contributed by atoms with Gasteiger partial charge in [-0.25, -0.2) is 9.37 Å². The molecule has 0 aliphatic carbocycles. The van der Waals surface area contributed by atoms with E-state index in [1.54, 1.807) is 43.5 Å². The Labute approximate surface area is 169 Å². The molecule has 4 aromatic rings. The number of benzene rings is 2. The molecule has 0 fully saturated rings. The summed E-state index contributed by atoms with van der Waals surface area (Å²) in [6.45, 7) is -0.00441. The molecule has 0 radical (unpaired) electrons.